The lowest BCUT2D eigenvalue weighted by atomic mass is 9.92. The molecular weight excluding hydrogens is 396 g/mol. The Bertz CT molecular complexity index is 857. The van der Waals surface area contributed by atoms with E-state index in [1.54, 1.807) is 22.9 Å². The van der Waals surface area contributed by atoms with Crippen LogP contribution in [0.1, 0.15) is 34.9 Å². The molecule has 4 rings (SSSR count). The molecule has 2 aliphatic rings. The molecule has 7 heteroatoms. The summed E-state index contributed by atoms with van der Waals surface area (Å²) in [6, 6.07) is 9.93. The van der Waals surface area contributed by atoms with Crippen LogP contribution in [-0.4, -0.2) is 44.1 Å². The maximum Gasteiger partial charge on any atom is 0.234 e. The van der Waals surface area contributed by atoms with Crippen molar-refractivity contribution in [2.24, 2.45) is 0 Å². The van der Waals surface area contributed by atoms with Crippen LogP contribution in [-0.2, 0) is 17.9 Å². The molecule has 0 radical (unpaired) electrons. The van der Waals surface area contributed by atoms with Crippen LogP contribution in [0.25, 0.3) is 6.08 Å². The van der Waals surface area contributed by atoms with Gasteiger partial charge in [-0.15, -0.1) is 0 Å². The number of rotatable bonds is 5. The Balaban J connectivity index is 1.48. The summed E-state index contributed by atoms with van der Waals surface area (Å²) in [4.78, 5) is 6.01. The number of benzene rings is 1. The maximum atomic E-state index is 10.2. The average molecular weight is 419 g/mol. The third-order valence-corrected chi connectivity index (χ3v) is 6.33. The molecular formula is C21H23ClN2O3S. The second-order valence-corrected chi connectivity index (χ2v) is 8.66. The molecule has 0 saturated carbocycles. The van der Waals surface area contributed by atoms with Crippen molar-refractivity contribution in [3.8, 4) is 0 Å². The van der Waals surface area contributed by atoms with Crippen LogP contribution in [0.4, 0.5) is 0 Å². The molecule has 28 heavy (non-hydrogen) atoms. The Morgan fingerprint density at radius 2 is 2.18 bits per heavy atom. The van der Waals surface area contributed by atoms with E-state index < -0.39 is 5.91 Å². The highest BCUT2D eigenvalue weighted by atomic mass is 35.5. The van der Waals surface area contributed by atoms with E-state index in [0.717, 1.165) is 34.6 Å². The van der Waals surface area contributed by atoms with E-state index in [1.807, 2.05) is 18.2 Å². The van der Waals surface area contributed by atoms with Gasteiger partial charge in [-0.3, -0.25) is 4.98 Å². The third kappa shape index (κ3) is 4.59. The van der Waals surface area contributed by atoms with Crippen molar-refractivity contribution >= 4 is 29.4 Å². The summed E-state index contributed by atoms with van der Waals surface area (Å²) in [6.07, 6.45) is 6.60. The smallest absolute Gasteiger partial charge is 0.234 e. The summed E-state index contributed by atoms with van der Waals surface area (Å²) in [6.45, 7) is 1.56. The lowest BCUT2D eigenvalue weighted by Crippen LogP contribution is -2.53. The fraction of sp³-hybridized carbons (Fsp3) is 0.381. The van der Waals surface area contributed by atoms with Crippen molar-refractivity contribution in [2.45, 2.75) is 31.6 Å². The van der Waals surface area contributed by atoms with Crippen LogP contribution in [0.15, 0.2) is 42.6 Å². The summed E-state index contributed by atoms with van der Waals surface area (Å²) in [7, 11) is 0. The molecule has 2 N–H and O–H groups in total. The van der Waals surface area contributed by atoms with Crippen molar-refractivity contribution in [3.63, 3.8) is 0 Å². The van der Waals surface area contributed by atoms with Crippen molar-refractivity contribution in [1.82, 2.24) is 9.88 Å². The number of hydrogen-bond donors (Lipinski definition) is 2. The first kappa shape index (κ1) is 19.9. The molecule has 1 aliphatic carbocycles. The zero-order valence-corrected chi connectivity index (χ0v) is 17.0. The van der Waals surface area contributed by atoms with Gasteiger partial charge in [0.25, 0.3) is 0 Å². The van der Waals surface area contributed by atoms with Crippen molar-refractivity contribution in [1.29, 1.82) is 0 Å². The minimum Gasteiger partial charge on any atom is -0.367 e. The molecule has 0 bridgehead atoms. The van der Waals surface area contributed by atoms with Crippen LogP contribution in [0.5, 0.6) is 0 Å². The molecule has 5 nitrogen and oxygen atoms in total. The van der Waals surface area contributed by atoms with E-state index in [9.17, 15) is 10.2 Å². The van der Waals surface area contributed by atoms with Crippen LogP contribution in [0, 0.1) is 0 Å². The normalized spacial score (nSPS) is 21.5. The van der Waals surface area contributed by atoms with E-state index in [2.05, 4.69) is 29.3 Å². The molecule has 1 atom stereocenters. The first-order chi connectivity index (χ1) is 13.5. The van der Waals surface area contributed by atoms with E-state index in [-0.39, 0.29) is 6.10 Å². The molecule has 2 aromatic rings. The zero-order chi connectivity index (χ0) is 19.6. The lowest BCUT2D eigenvalue weighted by molar-refractivity contribution is -0.250. The van der Waals surface area contributed by atoms with Crippen molar-refractivity contribution in [2.75, 3.05) is 18.1 Å². The summed E-state index contributed by atoms with van der Waals surface area (Å²) in [5, 5.41) is 21.1. The van der Waals surface area contributed by atoms with Gasteiger partial charge in [0.1, 0.15) is 0 Å². The molecule has 0 spiro atoms. The Morgan fingerprint density at radius 3 is 2.96 bits per heavy atom. The van der Waals surface area contributed by atoms with Crippen LogP contribution < -0.4 is 0 Å². The van der Waals surface area contributed by atoms with Crippen molar-refractivity contribution < 1.29 is 14.9 Å². The highest BCUT2D eigenvalue weighted by Gasteiger charge is 2.35. The number of nitrogens with zero attached hydrogens (tertiary/aromatic N) is 2. The molecule has 2 heterocycles. The average Bonchev–Trinajstić information content (AvgIpc) is 2.69. The second kappa shape index (κ2) is 8.53. The number of ether oxygens (including phenoxy) is 1. The largest absolute Gasteiger partial charge is 0.367 e. The highest BCUT2D eigenvalue weighted by Crippen LogP contribution is 2.33. The summed E-state index contributed by atoms with van der Waals surface area (Å²) in [5.41, 5.74) is 4.15. The monoisotopic (exact) mass is 418 g/mol. The number of pyridine rings is 1. The highest BCUT2D eigenvalue weighted by molar-refractivity contribution is 7.99. The predicted molar refractivity (Wildman–Crippen MR) is 112 cm³/mol. The number of aliphatic hydroxyl groups is 2. The molecule has 0 amide bonds. The van der Waals surface area contributed by atoms with Crippen LogP contribution >= 0.6 is 23.4 Å². The molecule has 1 aromatic carbocycles. The molecule has 1 aliphatic heterocycles. The maximum absolute atomic E-state index is 10.2. The molecule has 1 saturated heterocycles. The SMILES string of the molecule is OC1(O)CSCCN1Cc1ccc2c(c1)C(OCc1ccc(Cl)cn1)CC=C2. The number of aromatic nitrogens is 1. The fourth-order valence-corrected chi connectivity index (χ4v) is 4.58. The van der Waals surface area contributed by atoms with Crippen LogP contribution in [0.2, 0.25) is 5.02 Å². The molecule has 1 unspecified atom stereocenters. The minimum atomic E-state index is -1.76. The number of fused-ring (bicyclic) bond motifs is 1. The van der Waals surface area contributed by atoms with Gasteiger partial charge in [0.05, 0.1) is 29.2 Å². The number of halogens is 1. The first-order valence-electron chi connectivity index (χ1n) is 9.30. The molecule has 1 fully saturated rings. The lowest BCUT2D eigenvalue weighted by Gasteiger charge is -2.38. The summed E-state index contributed by atoms with van der Waals surface area (Å²) in [5.74, 6) is -0.550. The molecule has 1 aromatic heterocycles. The van der Waals surface area contributed by atoms with Gasteiger partial charge in [-0.2, -0.15) is 11.8 Å². The minimum absolute atomic E-state index is 0.0534. The van der Waals surface area contributed by atoms with E-state index >= 15 is 0 Å². The van der Waals surface area contributed by atoms with Gasteiger partial charge in [0.2, 0.25) is 5.91 Å². The van der Waals surface area contributed by atoms with Crippen molar-refractivity contribution in [3.05, 3.63) is 70.0 Å². The topological polar surface area (TPSA) is 65.8 Å². The Labute approximate surface area is 174 Å². The Kier molecular flexibility index (Phi) is 6.06. The van der Waals surface area contributed by atoms with Gasteiger partial charge in [0.15, 0.2) is 0 Å². The van der Waals surface area contributed by atoms with Gasteiger partial charge in [-0.1, -0.05) is 42.0 Å². The van der Waals surface area contributed by atoms with E-state index in [0.29, 0.717) is 30.5 Å². The van der Waals surface area contributed by atoms with Gasteiger partial charge < -0.3 is 14.9 Å². The van der Waals surface area contributed by atoms with Crippen LogP contribution in [0.3, 0.4) is 0 Å². The quantitative estimate of drug-likeness (QED) is 0.723. The van der Waals surface area contributed by atoms with E-state index in [4.69, 9.17) is 16.3 Å². The number of hydrogen-bond acceptors (Lipinski definition) is 6. The van der Waals surface area contributed by atoms with Gasteiger partial charge >= 0.3 is 0 Å². The second-order valence-electron chi connectivity index (χ2n) is 7.12. The molecule has 148 valence electrons. The van der Waals surface area contributed by atoms with Gasteiger partial charge in [-0.05, 0) is 35.2 Å². The fourth-order valence-electron chi connectivity index (χ4n) is 3.51. The van der Waals surface area contributed by atoms with Gasteiger partial charge in [-0.25, -0.2) is 4.90 Å². The standard InChI is InChI=1S/C21H23ClN2O3S/c22-17-6-7-18(23-11-17)13-27-20-3-1-2-16-5-4-15(10-19(16)20)12-24-8-9-28-14-21(24,25)26/h1-2,4-7,10-11,20,25-26H,3,8-9,12-14H2. The zero-order valence-electron chi connectivity index (χ0n) is 15.4. The summed E-state index contributed by atoms with van der Waals surface area (Å²) >= 11 is 7.45. The number of thioether (sulfide) groups is 1. The third-order valence-electron chi connectivity index (χ3n) is 5.05. The Morgan fingerprint density at radius 1 is 1.29 bits per heavy atom. The predicted octanol–water partition coefficient (Wildman–Crippen LogP) is 3.60. The Hall–Kier alpha value is -1.41. The van der Waals surface area contributed by atoms with E-state index in [1.165, 1.54) is 0 Å². The first-order valence-corrected chi connectivity index (χ1v) is 10.8. The van der Waals surface area contributed by atoms with Gasteiger partial charge in [0, 0.05) is 25.0 Å². The summed E-state index contributed by atoms with van der Waals surface area (Å²) < 4.78 is 6.15.